The fourth-order valence-electron chi connectivity index (χ4n) is 4.80. The van der Waals surface area contributed by atoms with Gasteiger partial charge in [0.15, 0.2) is 11.6 Å². The molecule has 194 valence electrons. The second kappa shape index (κ2) is 17.2. The molecule has 1 heterocycles. The molecule has 1 aromatic rings. The van der Waals surface area contributed by atoms with Crippen LogP contribution in [0.4, 0.5) is 0 Å². The van der Waals surface area contributed by atoms with Gasteiger partial charge in [0, 0.05) is 6.42 Å². The van der Waals surface area contributed by atoms with Crippen molar-refractivity contribution in [2.24, 2.45) is 0 Å². The van der Waals surface area contributed by atoms with E-state index < -0.39 is 11.9 Å². The molecule has 34 heavy (non-hydrogen) atoms. The lowest BCUT2D eigenvalue weighted by Crippen LogP contribution is -2.40. The Morgan fingerprint density at radius 3 is 1.97 bits per heavy atom. The molecule has 0 radical (unpaired) electrons. The third kappa shape index (κ3) is 10.6. The quantitative estimate of drug-likeness (QED) is 0.179. The number of carbonyl (C=O) groups excluding carboxylic acids is 1. The van der Waals surface area contributed by atoms with E-state index in [2.05, 4.69) is 20.8 Å². The van der Waals surface area contributed by atoms with E-state index in [1.165, 1.54) is 64.2 Å². The van der Waals surface area contributed by atoms with Crippen LogP contribution < -0.4 is 0 Å². The van der Waals surface area contributed by atoms with Gasteiger partial charge in [-0.25, -0.2) is 0 Å². The van der Waals surface area contributed by atoms with E-state index >= 15 is 0 Å². The molecule has 2 atom stereocenters. The SMILES string of the molecule is CCCCCCCCCCCCCCC(=O)[C@@H](OCc1ccccc1)[C@H]1COC(CC)(CC)O1. The fraction of sp³-hybridized carbons (Fsp3) is 0.767. The number of Topliss-reactive ketones (excluding diaryl/α,β-unsaturated/α-hetero) is 1. The summed E-state index contributed by atoms with van der Waals surface area (Å²) in [5, 5.41) is 0. The summed E-state index contributed by atoms with van der Waals surface area (Å²) in [6, 6.07) is 10.0. The normalized spacial score (nSPS) is 18.3. The van der Waals surface area contributed by atoms with Crippen molar-refractivity contribution in [1.82, 2.24) is 0 Å². The van der Waals surface area contributed by atoms with E-state index in [1.807, 2.05) is 30.3 Å². The van der Waals surface area contributed by atoms with Gasteiger partial charge >= 0.3 is 0 Å². The average Bonchev–Trinajstić information content (AvgIpc) is 3.30. The van der Waals surface area contributed by atoms with Crippen LogP contribution in [-0.2, 0) is 25.6 Å². The molecule has 4 heteroatoms. The number of benzene rings is 1. The van der Waals surface area contributed by atoms with Crippen LogP contribution in [0.25, 0.3) is 0 Å². The third-order valence-electron chi connectivity index (χ3n) is 7.16. The highest BCUT2D eigenvalue weighted by molar-refractivity contribution is 5.83. The van der Waals surface area contributed by atoms with Crippen molar-refractivity contribution < 1.29 is 19.0 Å². The van der Waals surface area contributed by atoms with Crippen LogP contribution in [0.3, 0.4) is 0 Å². The molecule has 0 aromatic heterocycles. The largest absolute Gasteiger partial charge is 0.363 e. The molecule has 0 N–H and O–H groups in total. The van der Waals surface area contributed by atoms with Gasteiger partial charge in [-0.2, -0.15) is 0 Å². The zero-order chi connectivity index (χ0) is 24.5. The summed E-state index contributed by atoms with van der Waals surface area (Å²) in [5.41, 5.74) is 1.07. The number of ketones is 1. The molecule has 1 aliphatic rings. The molecular weight excluding hydrogens is 424 g/mol. The molecule has 0 spiro atoms. The molecule has 0 amide bonds. The van der Waals surface area contributed by atoms with Crippen molar-refractivity contribution in [2.75, 3.05) is 6.61 Å². The highest BCUT2D eigenvalue weighted by atomic mass is 16.8. The third-order valence-corrected chi connectivity index (χ3v) is 7.16. The molecule has 0 saturated carbocycles. The average molecular weight is 475 g/mol. The number of carbonyl (C=O) groups is 1. The summed E-state index contributed by atoms with van der Waals surface area (Å²) in [7, 11) is 0. The van der Waals surface area contributed by atoms with Gasteiger partial charge < -0.3 is 14.2 Å². The molecule has 0 bridgehead atoms. The monoisotopic (exact) mass is 474 g/mol. The highest BCUT2D eigenvalue weighted by Crippen LogP contribution is 2.33. The van der Waals surface area contributed by atoms with Crippen LogP contribution in [0, 0.1) is 0 Å². The Labute approximate surface area is 209 Å². The lowest BCUT2D eigenvalue weighted by Gasteiger charge is -2.27. The standard InChI is InChI=1S/C30H50O4/c1-4-7-8-9-10-11-12-13-14-15-16-20-23-27(31)29(32-24-26-21-18-17-19-22-26)28-25-33-30(5-2,6-3)34-28/h17-19,21-22,28-29H,4-16,20,23-25H2,1-3H3/t28-,29-/m1/s1. The van der Waals surface area contributed by atoms with Crippen molar-refractivity contribution >= 4 is 5.78 Å². The first-order valence-electron chi connectivity index (χ1n) is 14.1. The zero-order valence-corrected chi connectivity index (χ0v) is 22.2. The summed E-state index contributed by atoms with van der Waals surface area (Å²) in [4.78, 5) is 13.2. The van der Waals surface area contributed by atoms with Gasteiger partial charge in [-0.1, -0.05) is 122 Å². The lowest BCUT2D eigenvalue weighted by atomic mass is 10.0. The smallest absolute Gasteiger partial charge is 0.168 e. The summed E-state index contributed by atoms with van der Waals surface area (Å²) >= 11 is 0. The predicted octanol–water partition coefficient (Wildman–Crippen LogP) is 8.16. The predicted molar refractivity (Wildman–Crippen MR) is 140 cm³/mol. The van der Waals surface area contributed by atoms with Crippen molar-refractivity contribution in [3.05, 3.63) is 35.9 Å². The van der Waals surface area contributed by atoms with E-state index in [-0.39, 0.29) is 11.9 Å². The lowest BCUT2D eigenvalue weighted by molar-refractivity contribution is -0.187. The highest BCUT2D eigenvalue weighted by Gasteiger charge is 2.44. The van der Waals surface area contributed by atoms with Gasteiger partial charge in [0.05, 0.1) is 13.2 Å². The van der Waals surface area contributed by atoms with Crippen LogP contribution in [0.5, 0.6) is 0 Å². The number of hydrogen-bond acceptors (Lipinski definition) is 4. The van der Waals surface area contributed by atoms with Gasteiger partial charge in [-0.15, -0.1) is 0 Å². The van der Waals surface area contributed by atoms with E-state index in [1.54, 1.807) is 0 Å². The number of hydrogen-bond donors (Lipinski definition) is 0. The first kappa shape index (κ1) is 29.0. The minimum Gasteiger partial charge on any atom is -0.363 e. The molecule has 1 aliphatic heterocycles. The van der Waals surface area contributed by atoms with Gasteiger partial charge in [-0.3, -0.25) is 4.79 Å². The van der Waals surface area contributed by atoms with Crippen LogP contribution in [0.2, 0.25) is 0 Å². The Morgan fingerprint density at radius 2 is 1.44 bits per heavy atom. The molecule has 1 aromatic carbocycles. The second-order valence-electron chi connectivity index (χ2n) is 9.91. The summed E-state index contributed by atoms with van der Waals surface area (Å²) in [6.07, 6.45) is 16.7. The van der Waals surface area contributed by atoms with Gasteiger partial charge in [0.25, 0.3) is 0 Å². The topological polar surface area (TPSA) is 44.8 Å². The molecule has 0 unspecified atom stereocenters. The molecule has 1 fully saturated rings. The first-order chi connectivity index (χ1) is 16.6. The maximum Gasteiger partial charge on any atom is 0.168 e. The Hall–Kier alpha value is -1.23. The van der Waals surface area contributed by atoms with Gasteiger partial charge in [0.2, 0.25) is 0 Å². The zero-order valence-electron chi connectivity index (χ0n) is 22.2. The number of ether oxygens (including phenoxy) is 3. The van der Waals surface area contributed by atoms with E-state index in [0.29, 0.717) is 19.6 Å². The Morgan fingerprint density at radius 1 is 0.882 bits per heavy atom. The van der Waals surface area contributed by atoms with E-state index in [9.17, 15) is 4.79 Å². The molecule has 4 nitrogen and oxygen atoms in total. The molecule has 1 saturated heterocycles. The van der Waals surface area contributed by atoms with Crippen LogP contribution >= 0.6 is 0 Å². The maximum atomic E-state index is 13.2. The molecule has 2 rings (SSSR count). The summed E-state index contributed by atoms with van der Waals surface area (Å²) < 4.78 is 18.4. The van der Waals surface area contributed by atoms with E-state index in [0.717, 1.165) is 31.2 Å². The van der Waals surface area contributed by atoms with Crippen molar-refractivity contribution in [1.29, 1.82) is 0 Å². The summed E-state index contributed by atoms with van der Waals surface area (Å²) in [6.45, 7) is 7.25. The van der Waals surface area contributed by atoms with Crippen molar-refractivity contribution in [2.45, 2.75) is 142 Å². The maximum absolute atomic E-state index is 13.2. The van der Waals surface area contributed by atoms with Gasteiger partial charge in [0.1, 0.15) is 12.2 Å². The fourth-order valence-corrected chi connectivity index (χ4v) is 4.80. The molecule has 0 aliphatic carbocycles. The van der Waals surface area contributed by atoms with Crippen LogP contribution in [0.15, 0.2) is 30.3 Å². The van der Waals surface area contributed by atoms with Crippen molar-refractivity contribution in [3.63, 3.8) is 0 Å². The minimum atomic E-state index is -0.574. The van der Waals surface area contributed by atoms with Crippen LogP contribution in [-0.4, -0.2) is 30.4 Å². The first-order valence-corrected chi connectivity index (χ1v) is 14.1. The Balaban J connectivity index is 1.70. The molecular formula is C30H50O4. The minimum absolute atomic E-state index is 0.152. The number of rotatable bonds is 20. The van der Waals surface area contributed by atoms with Crippen LogP contribution in [0.1, 0.15) is 123 Å². The summed E-state index contributed by atoms with van der Waals surface area (Å²) in [5.74, 6) is -0.422. The Bertz CT molecular complexity index is 640. The van der Waals surface area contributed by atoms with E-state index in [4.69, 9.17) is 14.2 Å². The Kier molecular flexibility index (Phi) is 14.7. The van der Waals surface area contributed by atoms with Gasteiger partial charge in [-0.05, 0) is 24.8 Å². The second-order valence-corrected chi connectivity index (χ2v) is 9.91. The van der Waals surface area contributed by atoms with Crippen molar-refractivity contribution in [3.8, 4) is 0 Å². The number of unbranched alkanes of at least 4 members (excludes halogenated alkanes) is 11.